The molecule has 1 aromatic carbocycles. The molecule has 0 bridgehead atoms. The molecule has 0 radical (unpaired) electrons. The lowest BCUT2D eigenvalue weighted by atomic mass is 10.1. The monoisotopic (exact) mass is 328 g/mol. The van der Waals surface area contributed by atoms with Crippen LogP contribution in [0.15, 0.2) is 35.9 Å². The number of ether oxygens (including phenoxy) is 1. The van der Waals surface area contributed by atoms with Crippen molar-refractivity contribution in [3.05, 3.63) is 35.9 Å². The zero-order valence-corrected chi connectivity index (χ0v) is 15.1. The van der Waals surface area contributed by atoms with Gasteiger partial charge in [-0.05, 0) is 43.4 Å². The van der Waals surface area contributed by atoms with E-state index in [0.29, 0.717) is 5.92 Å². The standard InChI is InChI=1S/C20H28N2O2/c1-14(2)12-17-18(20(17,3)4)19(23)21-15-6-5-7-16(13-15)22-8-10-24-11-9-22/h5-7,12-13,17-18H,8-11H2,1-4H3,(H,21,23)/t17-,18+/m0/s1. The van der Waals surface area contributed by atoms with Crippen LogP contribution in [0.5, 0.6) is 0 Å². The summed E-state index contributed by atoms with van der Waals surface area (Å²) in [6.07, 6.45) is 2.23. The van der Waals surface area contributed by atoms with Crippen molar-refractivity contribution in [3.8, 4) is 0 Å². The molecular formula is C20H28N2O2. The van der Waals surface area contributed by atoms with E-state index in [4.69, 9.17) is 4.74 Å². The van der Waals surface area contributed by atoms with Gasteiger partial charge in [0.1, 0.15) is 0 Å². The number of hydrogen-bond donors (Lipinski definition) is 1. The summed E-state index contributed by atoms with van der Waals surface area (Å²) in [6.45, 7) is 11.8. The summed E-state index contributed by atoms with van der Waals surface area (Å²) in [6, 6.07) is 8.13. The summed E-state index contributed by atoms with van der Waals surface area (Å²) in [5, 5.41) is 3.12. The smallest absolute Gasteiger partial charge is 0.228 e. The molecule has 2 fully saturated rings. The van der Waals surface area contributed by atoms with Crippen LogP contribution in [0.3, 0.4) is 0 Å². The minimum Gasteiger partial charge on any atom is -0.378 e. The van der Waals surface area contributed by atoms with Crippen molar-refractivity contribution in [2.75, 3.05) is 36.5 Å². The number of nitrogens with one attached hydrogen (secondary N) is 1. The predicted octanol–water partition coefficient (Wildman–Crippen LogP) is 3.70. The van der Waals surface area contributed by atoms with Crippen LogP contribution in [0.1, 0.15) is 27.7 Å². The first kappa shape index (κ1) is 17.0. The van der Waals surface area contributed by atoms with E-state index in [-0.39, 0.29) is 17.2 Å². The van der Waals surface area contributed by atoms with Gasteiger partial charge in [-0.1, -0.05) is 31.6 Å². The van der Waals surface area contributed by atoms with Crippen LogP contribution < -0.4 is 10.2 Å². The molecule has 0 unspecified atom stereocenters. The van der Waals surface area contributed by atoms with Crippen molar-refractivity contribution in [3.63, 3.8) is 0 Å². The molecule has 2 atom stereocenters. The predicted molar refractivity (Wildman–Crippen MR) is 98.3 cm³/mol. The highest BCUT2D eigenvalue weighted by molar-refractivity contribution is 5.96. The molecule has 130 valence electrons. The van der Waals surface area contributed by atoms with Gasteiger partial charge in [0.25, 0.3) is 0 Å². The van der Waals surface area contributed by atoms with E-state index in [2.05, 4.69) is 56.1 Å². The number of benzene rings is 1. The second-order valence-corrected chi connectivity index (χ2v) is 7.71. The summed E-state index contributed by atoms with van der Waals surface area (Å²) in [4.78, 5) is 15.0. The molecule has 1 saturated heterocycles. The first-order chi connectivity index (χ1) is 11.4. The molecule has 0 aromatic heterocycles. The van der Waals surface area contributed by atoms with Gasteiger partial charge < -0.3 is 15.0 Å². The van der Waals surface area contributed by atoms with Crippen molar-refractivity contribution < 1.29 is 9.53 Å². The molecule has 1 amide bonds. The summed E-state index contributed by atoms with van der Waals surface area (Å²) >= 11 is 0. The fourth-order valence-electron chi connectivity index (χ4n) is 3.67. The number of carbonyl (C=O) groups is 1. The summed E-state index contributed by atoms with van der Waals surface area (Å²) in [5.41, 5.74) is 3.34. The van der Waals surface area contributed by atoms with E-state index in [1.54, 1.807) is 0 Å². The Balaban J connectivity index is 1.68. The first-order valence-corrected chi connectivity index (χ1v) is 8.78. The Labute approximate surface area is 144 Å². The lowest BCUT2D eigenvalue weighted by Gasteiger charge is -2.29. The molecule has 0 spiro atoms. The second kappa shape index (κ2) is 6.60. The number of nitrogens with zero attached hydrogens (tertiary/aromatic N) is 1. The van der Waals surface area contributed by atoms with Gasteiger partial charge in [-0.3, -0.25) is 4.79 Å². The fourth-order valence-corrected chi connectivity index (χ4v) is 3.67. The Bertz CT molecular complexity index is 641. The highest BCUT2D eigenvalue weighted by atomic mass is 16.5. The van der Waals surface area contributed by atoms with Gasteiger partial charge >= 0.3 is 0 Å². The maximum atomic E-state index is 12.7. The SMILES string of the molecule is CC(C)=C[C@H]1[C@H](C(=O)Nc2cccc(N3CCOCC3)c2)C1(C)C. The van der Waals surface area contributed by atoms with Crippen molar-refractivity contribution in [2.24, 2.45) is 17.3 Å². The molecule has 4 nitrogen and oxygen atoms in total. The number of anilines is 2. The highest BCUT2D eigenvalue weighted by Crippen LogP contribution is 2.59. The second-order valence-electron chi connectivity index (χ2n) is 7.71. The van der Waals surface area contributed by atoms with Crippen LogP contribution in [0.25, 0.3) is 0 Å². The molecule has 3 rings (SSSR count). The van der Waals surface area contributed by atoms with E-state index in [1.165, 1.54) is 5.57 Å². The van der Waals surface area contributed by atoms with Crippen molar-refractivity contribution in [1.82, 2.24) is 0 Å². The quantitative estimate of drug-likeness (QED) is 0.857. The first-order valence-electron chi connectivity index (χ1n) is 8.78. The number of hydrogen-bond acceptors (Lipinski definition) is 3. The number of allylic oxidation sites excluding steroid dienone is 2. The van der Waals surface area contributed by atoms with Crippen LogP contribution in [-0.2, 0) is 9.53 Å². The molecule has 1 saturated carbocycles. The maximum Gasteiger partial charge on any atom is 0.228 e. The largest absolute Gasteiger partial charge is 0.378 e. The summed E-state index contributed by atoms with van der Waals surface area (Å²) in [7, 11) is 0. The lowest BCUT2D eigenvalue weighted by molar-refractivity contribution is -0.118. The zero-order chi connectivity index (χ0) is 17.3. The number of rotatable bonds is 4. The van der Waals surface area contributed by atoms with Crippen LogP contribution in [-0.4, -0.2) is 32.2 Å². The summed E-state index contributed by atoms with van der Waals surface area (Å²) < 4.78 is 5.41. The van der Waals surface area contributed by atoms with Crippen molar-refractivity contribution in [2.45, 2.75) is 27.7 Å². The third-order valence-electron chi connectivity index (χ3n) is 5.20. The van der Waals surface area contributed by atoms with E-state index in [0.717, 1.165) is 37.7 Å². The fraction of sp³-hybridized carbons (Fsp3) is 0.550. The van der Waals surface area contributed by atoms with Crippen molar-refractivity contribution >= 4 is 17.3 Å². The number of carbonyl (C=O) groups excluding carboxylic acids is 1. The summed E-state index contributed by atoms with van der Waals surface area (Å²) in [5.74, 6) is 0.519. The normalized spacial score (nSPS) is 25.1. The molecule has 1 aliphatic heterocycles. The zero-order valence-electron chi connectivity index (χ0n) is 15.1. The molecule has 1 heterocycles. The van der Waals surface area contributed by atoms with Gasteiger partial charge in [0, 0.05) is 24.5 Å². The average Bonchev–Trinajstić information content (AvgIpc) is 3.08. The molecule has 1 aliphatic carbocycles. The van der Waals surface area contributed by atoms with Gasteiger partial charge in [-0.15, -0.1) is 0 Å². The van der Waals surface area contributed by atoms with E-state index in [1.807, 2.05) is 12.1 Å². The molecular weight excluding hydrogens is 300 g/mol. The molecule has 2 aliphatic rings. The average molecular weight is 328 g/mol. The van der Waals surface area contributed by atoms with Crippen molar-refractivity contribution in [1.29, 1.82) is 0 Å². The minimum absolute atomic E-state index is 0.0448. The lowest BCUT2D eigenvalue weighted by Crippen LogP contribution is -2.36. The van der Waals surface area contributed by atoms with Gasteiger partial charge in [-0.2, -0.15) is 0 Å². The number of amides is 1. The maximum absolute atomic E-state index is 12.7. The van der Waals surface area contributed by atoms with Crippen LogP contribution in [0.4, 0.5) is 11.4 Å². The Hall–Kier alpha value is -1.81. The van der Waals surface area contributed by atoms with Gasteiger partial charge in [-0.25, -0.2) is 0 Å². The van der Waals surface area contributed by atoms with E-state index in [9.17, 15) is 4.79 Å². The Morgan fingerprint density at radius 3 is 2.67 bits per heavy atom. The minimum atomic E-state index is 0.0448. The Morgan fingerprint density at radius 1 is 1.29 bits per heavy atom. The molecule has 24 heavy (non-hydrogen) atoms. The van der Waals surface area contributed by atoms with E-state index >= 15 is 0 Å². The molecule has 4 heteroatoms. The topological polar surface area (TPSA) is 41.6 Å². The third kappa shape index (κ3) is 3.48. The Morgan fingerprint density at radius 2 is 2.00 bits per heavy atom. The van der Waals surface area contributed by atoms with E-state index < -0.39 is 0 Å². The highest BCUT2D eigenvalue weighted by Gasteiger charge is 2.60. The Kier molecular flexibility index (Phi) is 4.68. The third-order valence-corrected chi connectivity index (χ3v) is 5.20. The van der Waals surface area contributed by atoms with Gasteiger partial charge in [0.15, 0.2) is 0 Å². The molecule has 1 N–H and O–H groups in total. The van der Waals surface area contributed by atoms with Crippen LogP contribution >= 0.6 is 0 Å². The van der Waals surface area contributed by atoms with Gasteiger partial charge in [0.05, 0.1) is 19.1 Å². The van der Waals surface area contributed by atoms with Crippen LogP contribution in [0.2, 0.25) is 0 Å². The number of morpholine rings is 1. The van der Waals surface area contributed by atoms with Crippen LogP contribution in [0, 0.1) is 17.3 Å². The van der Waals surface area contributed by atoms with Gasteiger partial charge in [0.2, 0.25) is 5.91 Å². The molecule has 1 aromatic rings.